The molecule has 5 heteroatoms. The molecular weight excluding hydrogens is 150 g/mol. The van der Waals surface area contributed by atoms with Crippen LogP contribution in [0.25, 0.3) is 10.4 Å². The van der Waals surface area contributed by atoms with E-state index in [0.717, 1.165) is 12.8 Å². The van der Waals surface area contributed by atoms with Crippen molar-refractivity contribution < 1.29 is 4.21 Å². The summed E-state index contributed by atoms with van der Waals surface area (Å²) in [5, 5.41) is 3.35. The number of rotatable bonds is 5. The van der Waals surface area contributed by atoms with Gasteiger partial charge in [-0.2, -0.15) is 0 Å². The Labute approximate surface area is 62.7 Å². The SMILES string of the molecule is CS(=O)CCCCN=[N+]=[N-]. The van der Waals surface area contributed by atoms with E-state index in [-0.39, 0.29) is 0 Å². The summed E-state index contributed by atoms with van der Waals surface area (Å²) in [7, 11) is -0.706. The molecule has 10 heavy (non-hydrogen) atoms. The molecule has 58 valence electrons. The molecule has 0 aromatic heterocycles. The molecule has 0 saturated carbocycles. The molecule has 0 spiro atoms. The van der Waals surface area contributed by atoms with Crippen LogP contribution in [-0.4, -0.2) is 22.8 Å². The molecule has 1 atom stereocenters. The monoisotopic (exact) mass is 161 g/mol. The molecular formula is C5H11N3OS. The topological polar surface area (TPSA) is 65.8 Å². The van der Waals surface area contributed by atoms with Crippen molar-refractivity contribution in [3.63, 3.8) is 0 Å². The van der Waals surface area contributed by atoms with Gasteiger partial charge in [0, 0.05) is 34.3 Å². The van der Waals surface area contributed by atoms with Crippen LogP contribution in [0.4, 0.5) is 0 Å². The third-order valence-corrected chi connectivity index (χ3v) is 1.87. The molecule has 0 amide bonds. The third kappa shape index (κ3) is 7.46. The van der Waals surface area contributed by atoms with Crippen molar-refractivity contribution in [2.45, 2.75) is 12.8 Å². The fourth-order valence-corrected chi connectivity index (χ4v) is 1.14. The van der Waals surface area contributed by atoms with Crippen LogP contribution in [-0.2, 0) is 10.8 Å². The molecule has 0 aliphatic rings. The van der Waals surface area contributed by atoms with E-state index in [4.69, 9.17) is 5.53 Å². The number of unbranched alkanes of at least 4 members (excludes halogenated alkanes) is 1. The van der Waals surface area contributed by atoms with E-state index >= 15 is 0 Å². The van der Waals surface area contributed by atoms with E-state index in [1.807, 2.05) is 0 Å². The Bertz CT molecular complexity index is 149. The molecule has 0 aliphatic carbocycles. The zero-order chi connectivity index (χ0) is 7.82. The van der Waals surface area contributed by atoms with E-state index in [1.165, 1.54) is 0 Å². The van der Waals surface area contributed by atoms with Crippen LogP contribution in [0.3, 0.4) is 0 Å². The Morgan fingerprint density at radius 1 is 1.60 bits per heavy atom. The zero-order valence-corrected chi connectivity index (χ0v) is 6.80. The number of hydrogen-bond acceptors (Lipinski definition) is 2. The van der Waals surface area contributed by atoms with Crippen molar-refractivity contribution in [1.82, 2.24) is 0 Å². The minimum atomic E-state index is -0.706. The molecule has 0 fully saturated rings. The van der Waals surface area contributed by atoms with Gasteiger partial charge >= 0.3 is 0 Å². The maximum Gasteiger partial charge on any atom is 0.0258 e. The van der Waals surface area contributed by atoms with E-state index in [0.29, 0.717) is 12.3 Å². The van der Waals surface area contributed by atoms with Gasteiger partial charge in [-0.05, 0) is 18.4 Å². The molecule has 1 unspecified atom stereocenters. The number of hydrogen-bond donors (Lipinski definition) is 0. The van der Waals surface area contributed by atoms with Crippen molar-refractivity contribution in [1.29, 1.82) is 0 Å². The first kappa shape index (κ1) is 9.46. The van der Waals surface area contributed by atoms with Gasteiger partial charge in [0.1, 0.15) is 0 Å². The summed E-state index contributed by atoms with van der Waals surface area (Å²) in [6.45, 7) is 0.522. The van der Waals surface area contributed by atoms with Crippen LogP contribution < -0.4 is 0 Å². The second-order valence-corrected chi connectivity index (χ2v) is 3.49. The van der Waals surface area contributed by atoms with Gasteiger partial charge in [-0.15, -0.1) is 0 Å². The number of nitrogens with zero attached hydrogens (tertiary/aromatic N) is 3. The average Bonchev–Trinajstić information content (AvgIpc) is 1.87. The lowest BCUT2D eigenvalue weighted by atomic mass is 10.3. The van der Waals surface area contributed by atoms with Gasteiger partial charge in [-0.25, -0.2) is 0 Å². The van der Waals surface area contributed by atoms with Crippen molar-refractivity contribution >= 4 is 10.8 Å². The lowest BCUT2D eigenvalue weighted by Crippen LogP contribution is -1.94. The molecule has 0 aliphatic heterocycles. The quantitative estimate of drug-likeness (QED) is 0.260. The van der Waals surface area contributed by atoms with Crippen LogP contribution in [0.15, 0.2) is 5.11 Å². The summed E-state index contributed by atoms with van der Waals surface area (Å²) in [5.74, 6) is 0.709. The molecule has 0 aromatic rings. The van der Waals surface area contributed by atoms with Gasteiger partial charge in [0.25, 0.3) is 0 Å². The highest BCUT2D eigenvalue weighted by molar-refractivity contribution is 7.84. The lowest BCUT2D eigenvalue weighted by Gasteiger charge is -1.92. The highest BCUT2D eigenvalue weighted by Gasteiger charge is 1.89. The maximum atomic E-state index is 10.5. The van der Waals surface area contributed by atoms with Crippen LogP contribution in [0.1, 0.15) is 12.8 Å². The second-order valence-electron chi connectivity index (χ2n) is 1.94. The maximum absolute atomic E-state index is 10.5. The normalized spacial score (nSPS) is 12.1. The second kappa shape index (κ2) is 6.58. The Morgan fingerprint density at radius 3 is 2.80 bits per heavy atom. The minimum absolute atomic E-state index is 0.522. The zero-order valence-electron chi connectivity index (χ0n) is 5.99. The fourth-order valence-electron chi connectivity index (χ4n) is 0.533. The van der Waals surface area contributed by atoms with E-state index in [2.05, 4.69) is 10.0 Å². The first-order valence-electron chi connectivity index (χ1n) is 3.08. The first-order chi connectivity index (χ1) is 4.77. The Balaban J connectivity index is 3.05. The summed E-state index contributed by atoms with van der Waals surface area (Å²) in [6.07, 6.45) is 3.39. The van der Waals surface area contributed by atoms with Crippen molar-refractivity contribution in [2.75, 3.05) is 18.6 Å². The molecule has 0 aromatic carbocycles. The summed E-state index contributed by atoms with van der Waals surface area (Å²) in [6, 6.07) is 0. The van der Waals surface area contributed by atoms with Crippen molar-refractivity contribution in [3.8, 4) is 0 Å². The summed E-state index contributed by atoms with van der Waals surface area (Å²) < 4.78 is 10.5. The summed E-state index contributed by atoms with van der Waals surface area (Å²) >= 11 is 0. The predicted molar refractivity (Wildman–Crippen MR) is 42.2 cm³/mol. The van der Waals surface area contributed by atoms with E-state index < -0.39 is 10.8 Å². The standard InChI is InChI=1S/C5H11N3OS/c1-10(9)5-3-2-4-7-8-6/h2-5H2,1H3. The van der Waals surface area contributed by atoms with Gasteiger partial charge in [-0.1, -0.05) is 5.11 Å². The third-order valence-electron chi connectivity index (χ3n) is 1.00. The van der Waals surface area contributed by atoms with Crippen LogP contribution in [0.2, 0.25) is 0 Å². The van der Waals surface area contributed by atoms with Crippen molar-refractivity contribution in [3.05, 3.63) is 10.4 Å². The van der Waals surface area contributed by atoms with Crippen LogP contribution in [0, 0.1) is 0 Å². The van der Waals surface area contributed by atoms with Gasteiger partial charge < -0.3 is 0 Å². The fraction of sp³-hybridized carbons (Fsp3) is 1.00. The van der Waals surface area contributed by atoms with Gasteiger partial charge in [0.15, 0.2) is 0 Å². The van der Waals surface area contributed by atoms with E-state index in [1.54, 1.807) is 6.26 Å². The summed E-state index contributed by atoms with van der Waals surface area (Å²) in [5.41, 5.74) is 7.87. The number of azide groups is 1. The molecule has 0 N–H and O–H groups in total. The van der Waals surface area contributed by atoms with Crippen LogP contribution in [0.5, 0.6) is 0 Å². The molecule has 0 saturated heterocycles. The van der Waals surface area contributed by atoms with Gasteiger partial charge in [0.05, 0.1) is 0 Å². The first-order valence-corrected chi connectivity index (χ1v) is 4.81. The molecule has 0 bridgehead atoms. The molecule has 0 radical (unpaired) electrons. The van der Waals surface area contributed by atoms with Gasteiger partial charge in [0.2, 0.25) is 0 Å². The molecule has 0 heterocycles. The van der Waals surface area contributed by atoms with Crippen LogP contribution >= 0.6 is 0 Å². The minimum Gasteiger partial charge on any atom is -0.260 e. The molecule has 0 rings (SSSR count). The Hall–Kier alpha value is -0.540. The highest BCUT2D eigenvalue weighted by Crippen LogP contribution is 1.91. The Kier molecular flexibility index (Phi) is 6.22. The van der Waals surface area contributed by atoms with Crippen molar-refractivity contribution in [2.24, 2.45) is 5.11 Å². The predicted octanol–water partition coefficient (Wildman–Crippen LogP) is 1.46. The Morgan fingerprint density at radius 2 is 2.30 bits per heavy atom. The largest absolute Gasteiger partial charge is 0.260 e. The molecule has 4 nitrogen and oxygen atoms in total. The smallest absolute Gasteiger partial charge is 0.0258 e. The van der Waals surface area contributed by atoms with Gasteiger partial charge in [-0.3, -0.25) is 4.21 Å². The highest BCUT2D eigenvalue weighted by atomic mass is 32.2. The summed E-state index contributed by atoms with van der Waals surface area (Å²) in [4.78, 5) is 2.60. The lowest BCUT2D eigenvalue weighted by molar-refractivity contribution is 0.682. The average molecular weight is 161 g/mol. The van der Waals surface area contributed by atoms with E-state index in [9.17, 15) is 4.21 Å².